The summed E-state index contributed by atoms with van der Waals surface area (Å²) in [6.45, 7) is 8.48. The molecule has 1 aromatic carbocycles. The van der Waals surface area contributed by atoms with Crippen LogP contribution < -0.4 is 0 Å². The van der Waals surface area contributed by atoms with Crippen molar-refractivity contribution in [1.82, 2.24) is 0 Å². The largest absolute Gasteiger partial charge is 0.198 e. The van der Waals surface area contributed by atoms with Crippen LogP contribution in [0.1, 0.15) is 42.9 Å². The maximum absolute atomic E-state index is 9.19. The molecule has 0 saturated heterocycles. The lowest BCUT2D eigenvalue weighted by Crippen LogP contribution is -2.07. The highest BCUT2D eigenvalue weighted by Gasteiger charge is 2.17. The standard InChI is InChI=1S/C14H19N/c1-5-10(2)14(9-15)13-7-6-11(3)12(4)8-13/h6-8,10,14H,5H2,1-4H3. The Bertz CT molecular complexity index is 373. The molecule has 0 heterocycles. The Morgan fingerprint density at radius 1 is 1.27 bits per heavy atom. The van der Waals surface area contributed by atoms with Gasteiger partial charge >= 0.3 is 0 Å². The molecule has 0 fully saturated rings. The third kappa shape index (κ3) is 2.59. The lowest BCUT2D eigenvalue weighted by molar-refractivity contribution is 0.514. The van der Waals surface area contributed by atoms with Crippen LogP contribution >= 0.6 is 0 Å². The van der Waals surface area contributed by atoms with Crippen molar-refractivity contribution in [2.75, 3.05) is 0 Å². The average molecular weight is 201 g/mol. The third-order valence-electron chi connectivity index (χ3n) is 3.24. The van der Waals surface area contributed by atoms with E-state index in [9.17, 15) is 5.26 Å². The van der Waals surface area contributed by atoms with Gasteiger partial charge in [-0.05, 0) is 36.5 Å². The first kappa shape index (κ1) is 11.8. The Balaban J connectivity index is 3.04. The van der Waals surface area contributed by atoms with Crippen LogP contribution in [0.4, 0.5) is 0 Å². The van der Waals surface area contributed by atoms with Crippen LogP contribution in [0, 0.1) is 31.1 Å². The minimum absolute atomic E-state index is 0.0364. The van der Waals surface area contributed by atoms with Gasteiger partial charge in [-0.3, -0.25) is 0 Å². The van der Waals surface area contributed by atoms with E-state index in [0.29, 0.717) is 5.92 Å². The first-order valence-electron chi connectivity index (χ1n) is 5.57. The minimum Gasteiger partial charge on any atom is -0.198 e. The summed E-state index contributed by atoms with van der Waals surface area (Å²) in [6, 6.07) is 8.76. The Hall–Kier alpha value is -1.29. The van der Waals surface area contributed by atoms with E-state index >= 15 is 0 Å². The topological polar surface area (TPSA) is 23.8 Å². The van der Waals surface area contributed by atoms with Crippen LogP contribution in [0.15, 0.2) is 18.2 Å². The van der Waals surface area contributed by atoms with Crippen LogP contribution in [0.3, 0.4) is 0 Å². The van der Waals surface area contributed by atoms with Crippen molar-refractivity contribution < 1.29 is 0 Å². The fourth-order valence-electron chi connectivity index (χ4n) is 1.72. The van der Waals surface area contributed by atoms with Crippen LogP contribution in [-0.4, -0.2) is 0 Å². The second-order valence-corrected chi connectivity index (χ2v) is 4.34. The lowest BCUT2D eigenvalue weighted by Gasteiger charge is -2.17. The number of hydrogen-bond donors (Lipinski definition) is 0. The molecule has 80 valence electrons. The lowest BCUT2D eigenvalue weighted by atomic mass is 9.85. The third-order valence-corrected chi connectivity index (χ3v) is 3.24. The van der Waals surface area contributed by atoms with Gasteiger partial charge in [-0.1, -0.05) is 38.5 Å². The molecule has 1 rings (SSSR count). The summed E-state index contributed by atoms with van der Waals surface area (Å²) >= 11 is 0. The van der Waals surface area contributed by atoms with Gasteiger partial charge in [-0.25, -0.2) is 0 Å². The van der Waals surface area contributed by atoms with Gasteiger partial charge < -0.3 is 0 Å². The Morgan fingerprint density at radius 2 is 1.93 bits per heavy atom. The molecule has 2 atom stereocenters. The van der Waals surface area contributed by atoms with Crippen molar-refractivity contribution >= 4 is 0 Å². The van der Waals surface area contributed by atoms with Crippen molar-refractivity contribution in [2.45, 2.75) is 40.0 Å². The van der Waals surface area contributed by atoms with Crippen molar-refractivity contribution in [2.24, 2.45) is 5.92 Å². The molecule has 0 radical (unpaired) electrons. The van der Waals surface area contributed by atoms with Gasteiger partial charge in [-0.2, -0.15) is 5.26 Å². The number of benzene rings is 1. The predicted octanol–water partition coefficient (Wildman–Crippen LogP) is 3.96. The fraction of sp³-hybridized carbons (Fsp3) is 0.500. The van der Waals surface area contributed by atoms with Crippen molar-refractivity contribution in [3.8, 4) is 6.07 Å². The molecular formula is C14H19N. The van der Waals surface area contributed by atoms with Crippen molar-refractivity contribution in [1.29, 1.82) is 5.26 Å². The number of aryl methyl sites for hydroxylation is 2. The highest BCUT2D eigenvalue weighted by Crippen LogP contribution is 2.27. The minimum atomic E-state index is 0.0364. The number of rotatable bonds is 3. The summed E-state index contributed by atoms with van der Waals surface area (Å²) < 4.78 is 0. The summed E-state index contributed by atoms with van der Waals surface area (Å²) in [5.74, 6) is 0.464. The summed E-state index contributed by atoms with van der Waals surface area (Å²) in [5, 5.41) is 9.19. The molecule has 2 unspecified atom stereocenters. The molecule has 0 aliphatic heterocycles. The molecule has 0 spiro atoms. The van der Waals surface area contributed by atoms with E-state index in [4.69, 9.17) is 0 Å². The first-order valence-corrected chi connectivity index (χ1v) is 5.57. The van der Waals surface area contributed by atoms with E-state index in [1.54, 1.807) is 0 Å². The molecule has 15 heavy (non-hydrogen) atoms. The summed E-state index contributed by atoms with van der Waals surface area (Å²) in [4.78, 5) is 0. The molecule has 1 aromatic rings. The Morgan fingerprint density at radius 3 is 2.40 bits per heavy atom. The van der Waals surface area contributed by atoms with Gasteiger partial charge in [0.05, 0.1) is 12.0 Å². The molecular weight excluding hydrogens is 182 g/mol. The maximum Gasteiger partial charge on any atom is 0.0738 e. The van der Waals surface area contributed by atoms with Gasteiger partial charge in [0.15, 0.2) is 0 Å². The van der Waals surface area contributed by atoms with Gasteiger partial charge in [0.25, 0.3) is 0 Å². The molecule has 0 N–H and O–H groups in total. The molecule has 1 nitrogen and oxygen atoms in total. The first-order chi connectivity index (χ1) is 7.10. The SMILES string of the molecule is CCC(C)C(C#N)c1ccc(C)c(C)c1. The summed E-state index contributed by atoms with van der Waals surface area (Å²) in [7, 11) is 0. The van der Waals surface area contributed by atoms with Crippen LogP contribution in [-0.2, 0) is 0 Å². The highest BCUT2D eigenvalue weighted by molar-refractivity contribution is 5.34. The van der Waals surface area contributed by atoms with E-state index in [1.807, 2.05) is 0 Å². The van der Waals surface area contributed by atoms with E-state index in [0.717, 1.165) is 12.0 Å². The van der Waals surface area contributed by atoms with Crippen LogP contribution in [0.5, 0.6) is 0 Å². The van der Waals surface area contributed by atoms with Crippen LogP contribution in [0.25, 0.3) is 0 Å². The number of nitrogens with zero attached hydrogens (tertiary/aromatic N) is 1. The molecule has 1 heteroatoms. The Labute approximate surface area is 92.7 Å². The van der Waals surface area contributed by atoms with Gasteiger partial charge in [0, 0.05) is 0 Å². The predicted molar refractivity (Wildman–Crippen MR) is 63.7 cm³/mol. The van der Waals surface area contributed by atoms with E-state index in [1.165, 1.54) is 11.1 Å². The average Bonchev–Trinajstić information content (AvgIpc) is 2.24. The van der Waals surface area contributed by atoms with Crippen molar-refractivity contribution in [3.05, 3.63) is 34.9 Å². The highest BCUT2D eigenvalue weighted by atomic mass is 14.3. The smallest absolute Gasteiger partial charge is 0.0738 e. The molecule has 0 saturated carbocycles. The van der Waals surface area contributed by atoms with E-state index in [-0.39, 0.29) is 5.92 Å². The molecule has 0 bridgehead atoms. The normalized spacial score (nSPS) is 14.3. The quantitative estimate of drug-likeness (QED) is 0.726. The zero-order valence-corrected chi connectivity index (χ0v) is 10.0. The number of hydrogen-bond acceptors (Lipinski definition) is 1. The Kier molecular flexibility index (Phi) is 3.91. The maximum atomic E-state index is 9.19. The fourth-order valence-corrected chi connectivity index (χ4v) is 1.72. The van der Waals surface area contributed by atoms with Crippen LogP contribution in [0.2, 0.25) is 0 Å². The van der Waals surface area contributed by atoms with E-state index in [2.05, 4.69) is 52.0 Å². The van der Waals surface area contributed by atoms with Gasteiger partial charge in [0.2, 0.25) is 0 Å². The summed E-state index contributed by atoms with van der Waals surface area (Å²) in [5.41, 5.74) is 3.73. The molecule has 0 amide bonds. The molecule has 0 aromatic heterocycles. The molecule has 0 aliphatic rings. The second kappa shape index (κ2) is 4.98. The molecule has 0 aliphatic carbocycles. The number of nitriles is 1. The van der Waals surface area contributed by atoms with E-state index < -0.39 is 0 Å². The van der Waals surface area contributed by atoms with Crippen molar-refractivity contribution in [3.63, 3.8) is 0 Å². The zero-order valence-electron chi connectivity index (χ0n) is 10.0. The monoisotopic (exact) mass is 201 g/mol. The summed E-state index contributed by atoms with van der Waals surface area (Å²) in [6.07, 6.45) is 1.05. The van der Waals surface area contributed by atoms with Gasteiger partial charge in [-0.15, -0.1) is 0 Å². The van der Waals surface area contributed by atoms with Gasteiger partial charge in [0.1, 0.15) is 0 Å². The zero-order chi connectivity index (χ0) is 11.4. The second-order valence-electron chi connectivity index (χ2n) is 4.34.